The molecule has 19 heavy (non-hydrogen) atoms. The summed E-state index contributed by atoms with van der Waals surface area (Å²) in [7, 11) is 1.68. The Kier molecular flexibility index (Phi) is 4.69. The summed E-state index contributed by atoms with van der Waals surface area (Å²) < 4.78 is 5.18. The van der Waals surface area contributed by atoms with Crippen LogP contribution in [0.1, 0.15) is 24.9 Å². The maximum Gasteiger partial charge on any atom is 0.118 e. The molecule has 2 aromatic rings. The van der Waals surface area contributed by atoms with Crippen molar-refractivity contribution in [2.75, 3.05) is 12.4 Å². The lowest BCUT2D eigenvalue weighted by molar-refractivity contribution is 0.414. The Morgan fingerprint density at radius 3 is 2.47 bits per heavy atom. The molecule has 0 aliphatic carbocycles. The Morgan fingerprint density at radius 1 is 1.16 bits per heavy atom. The highest BCUT2D eigenvalue weighted by atomic mass is 35.5. The van der Waals surface area contributed by atoms with E-state index in [9.17, 15) is 0 Å². The number of hydrogen-bond acceptors (Lipinski definition) is 2. The van der Waals surface area contributed by atoms with Crippen LogP contribution in [0.3, 0.4) is 0 Å². The molecule has 0 amide bonds. The Labute approximate surface area is 119 Å². The molecule has 1 unspecified atom stereocenters. The van der Waals surface area contributed by atoms with Crippen LogP contribution in [0.5, 0.6) is 5.75 Å². The van der Waals surface area contributed by atoms with E-state index in [4.69, 9.17) is 16.3 Å². The highest BCUT2D eigenvalue weighted by Gasteiger charge is 2.09. The van der Waals surface area contributed by atoms with Crippen LogP contribution in [0.4, 0.5) is 5.69 Å². The molecular formula is C16H18ClNO. The second-order valence-corrected chi connectivity index (χ2v) is 4.83. The fraction of sp³-hybridized carbons (Fsp3) is 0.250. The number of ether oxygens (including phenoxy) is 1. The zero-order chi connectivity index (χ0) is 13.7. The minimum absolute atomic E-state index is 0.268. The van der Waals surface area contributed by atoms with Crippen molar-refractivity contribution in [2.45, 2.75) is 19.4 Å². The first kappa shape index (κ1) is 13.8. The molecule has 0 aromatic heterocycles. The number of rotatable bonds is 5. The van der Waals surface area contributed by atoms with Gasteiger partial charge in [0.1, 0.15) is 5.75 Å². The van der Waals surface area contributed by atoms with Crippen molar-refractivity contribution < 1.29 is 4.74 Å². The summed E-state index contributed by atoms with van der Waals surface area (Å²) in [5.74, 6) is 0.876. The molecule has 0 radical (unpaired) electrons. The third-order valence-electron chi connectivity index (χ3n) is 3.09. The van der Waals surface area contributed by atoms with Crippen molar-refractivity contribution in [2.24, 2.45) is 0 Å². The van der Waals surface area contributed by atoms with Crippen LogP contribution in [-0.4, -0.2) is 7.11 Å². The predicted octanol–water partition coefficient (Wildman–Crippen LogP) is 4.91. The monoisotopic (exact) mass is 275 g/mol. The average molecular weight is 276 g/mol. The maximum atomic E-state index is 6.00. The van der Waals surface area contributed by atoms with Gasteiger partial charge >= 0.3 is 0 Å². The molecule has 0 fully saturated rings. The maximum absolute atomic E-state index is 6.00. The first-order valence-corrected chi connectivity index (χ1v) is 6.76. The van der Waals surface area contributed by atoms with Crippen LogP contribution in [0, 0.1) is 0 Å². The highest BCUT2D eigenvalue weighted by molar-refractivity contribution is 6.30. The van der Waals surface area contributed by atoms with Gasteiger partial charge in [0.15, 0.2) is 0 Å². The van der Waals surface area contributed by atoms with Crippen LogP contribution in [0.2, 0.25) is 5.02 Å². The van der Waals surface area contributed by atoms with E-state index >= 15 is 0 Å². The summed E-state index contributed by atoms with van der Waals surface area (Å²) in [5, 5.41) is 4.24. The van der Waals surface area contributed by atoms with Gasteiger partial charge < -0.3 is 10.1 Å². The van der Waals surface area contributed by atoms with E-state index in [0.717, 1.165) is 22.9 Å². The minimum atomic E-state index is 0.268. The number of benzene rings is 2. The van der Waals surface area contributed by atoms with Crippen LogP contribution in [-0.2, 0) is 0 Å². The van der Waals surface area contributed by atoms with E-state index in [1.54, 1.807) is 7.11 Å². The molecule has 0 saturated heterocycles. The Morgan fingerprint density at radius 2 is 1.89 bits per heavy atom. The standard InChI is InChI=1S/C16H18ClNO/c1-3-16(12-7-9-15(19-2)10-8-12)18-14-6-4-5-13(17)11-14/h4-11,16,18H,3H2,1-2H3. The molecule has 0 saturated carbocycles. The topological polar surface area (TPSA) is 21.3 Å². The van der Waals surface area contributed by atoms with Crippen LogP contribution in [0.15, 0.2) is 48.5 Å². The van der Waals surface area contributed by atoms with Crippen molar-refractivity contribution in [3.05, 3.63) is 59.1 Å². The van der Waals surface area contributed by atoms with Crippen molar-refractivity contribution in [1.82, 2.24) is 0 Å². The van der Waals surface area contributed by atoms with Gasteiger partial charge in [0.2, 0.25) is 0 Å². The number of hydrogen-bond donors (Lipinski definition) is 1. The summed E-state index contributed by atoms with van der Waals surface area (Å²) in [4.78, 5) is 0. The number of anilines is 1. The zero-order valence-corrected chi connectivity index (χ0v) is 11.9. The first-order chi connectivity index (χ1) is 9.22. The molecule has 1 atom stereocenters. The zero-order valence-electron chi connectivity index (χ0n) is 11.2. The van der Waals surface area contributed by atoms with Gasteiger partial charge in [0.05, 0.1) is 13.2 Å². The number of halogens is 1. The van der Waals surface area contributed by atoms with E-state index in [1.807, 2.05) is 36.4 Å². The third-order valence-corrected chi connectivity index (χ3v) is 3.33. The second-order valence-electron chi connectivity index (χ2n) is 4.39. The van der Waals surface area contributed by atoms with E-state index in [1.165, 1.54) is 5.56 Å². The van der Waals surface area contributed by atoms with E-state index in [2.05, 4.69) is 24.4 Å². The minimum Gasteiger partial charge on any atom is -0.497 e. The van der Waals surface area contributed by atoms with Gasteiger partial charge in [-0.3, -0.25) is 0 Å². The molecule has 2 aromatic carbocycles. The van der Waals surface area contributed by atoms with Gasteiger partial charge in [-0.15, -0.1) is 0 Å². The number of methoxy groups -OCH3 is 1. The first-order valence-electron chi connectivity index (χ1n) is 6.39. The fourth-order valence-electron chi connectivity index (χ4n) is 2.04. The molecular weight excluding hydrogens is 258 g/mol. The lowest BCUT2D eigenvalue weighted by Crippen LogP contribution is -2.09. The Bertz CT molecular complexity index is 525. The molecule has 100 valence electrons. The number of nitrogens with one attached hydrogen (secondary N) is 1. The molecule has 0 bridgehead atoms. The van der Waals surface area contributed by atoms with Gasteiger partial charge in [-0.1, -0.05) is 36.7 Å². The van der Waals surface area contributed by atoms with Gasteiger partial charge in [0.25, 0.3) is 0 Å². The van der Waals surface area contributed by atoms with Crippen molar-refractivity contribution >= 4 is 17.3 Å². The molecule has 2 rings (SSSR count). The summed E-state index contributed by atoms with van der Waals surface area (Å²) >= 11 is 6.00. The van der Waals surface area contributed by atoms with Crippen molar-refractivity contribution in [1.29, 1.82) is 0 Å². The molecule has 3 heteroatoms. The second kappa shape index (κ2) is 6.48. The van der Waals surface area contributed by atoms with E-state index in [-0.39, 0.29) is 6.04 Å². The van der Waals surface area contributed by atoms with Gasteiger partial charge in [-0.25, -0.2) is 0 Å². The van der Waals surface area contributed by atoms with Gasteiger partial charge in [0, 0.05) is 10.7 Å². The van der Waals surface area contributed by atoms with Crippen LogP contribution >= 0.6 is 11.6 Å². The van der Waals surface area contributed by atoms with Gasteiger partial charge in [-0.2, -0.15) is 0 Å². The summed E-state index contributed by atoms with van der Waals surface area (Å²) in [5.41, 5.74) is 2.28. The molecule has 1 N–H and O–H groups in total. The summed E-state index contributed by atoms with van der Waals surface area (Å²) in [6.07, 6.45) is 0.999. The SMILES string of the molecule is CCC(Nc1cccc(Cl)c1)c1ccc(OC)cc1. The smallest absolute Gasteiger partial charge is 0.118 e. The summed E-state index contributed by atoms with van der Waals surface area (Å²) in [6, 6.07) is 16.2. The summed E-state index contributed by atoms with van der Waals surface area (Å²) in [6.45, 7) is 2.16. The molecule has 2 nitrogen and oxygen atoms in total. The van der Waals surface area contributed by atoms with Crippen LogP contribution in [0.25, 0.3) is 0 Å². The molecule has 0 aliphatic heterocycles. The quantitative estimate of drug-likeness (QED) is 0.837. The predicted molar refractivity (Wildman–Crippen MR) is 81.1 cm³/mol. The average Bonchev–Trinajstić information content (AvgIpc) is 2.45. The lowest BCUT2D eigenvalue weighted by atomic mass is 10.0. The Hall–Kier alpha value is -1.67. The fourth-order valence-corrected chi connectivity index (χ4v) is 2.23. The van der Waals surface area contributed by atoms with E-state index < -0.39 is 0 Å². The van der Waals surface area contributed by atoms with Crippen LogP contribution < -0.4 is 10.1 Å². The molecule has 0 spiro atoms. The highest BCUT2D eigenvalue weighted by Crippen LogP contribution is 2.25. The lowest BCUT2D eigenvalue weighted by Gasteiger charge is -2.19. The Balaban J connectivity index is 2.15. The molecule has 0 aliphatic rings. The normalized spacial score (nSPS) is 11.9. The van der Waals surface area contributed by atoms with Crippen molar-refractivity contribution in [3.63, 3.8) is 0 Å². The van der Waals surface area contributed by atoms with E-state index in [0.29, 0.717) is 0 Å². The largest absolute Gasteiger partial charge is 0.497 e. The van der Waals surface area contributed by atoms with Crippen molar-refractivity contribution in [3.8, 4) is 5.75 Å². The molecule has 0 heterocycles. The van der Waals surface area contributed by atoms with Gasteiger partial charge in [-0.05, 0) is 42.3 Å². The third kappa shape index (κ3) is 3.65.